The summed E-state index contributed by atoms with van der Waals surface area (Å²) in [6.07, 6.45) is 0.760. The van der Waals surface area contributed by atoms with E-state index in [0.29, 0.717) is 6.54 Å². The van der Waals surface area contributed by atoms with Gasteiger partial charge in [-0.25, -0.2) is 0 Å². The Hall–Kier alpha value is -2.13. The van der Waals surface area contributed by atoms with Gasteiger partial charge in [0.15, 0.2) is 0 Å². The molecule has 0 spiro atoms. The first-order valence-corrected chi connectivity index (χ1v) is 7.36. The van der Waals surface area contributed by atoms with Crippen molar-refractivity contribution in [1.82, 2.24) is 10.6 Å². The van der Waals surface area contributed by atoms with Crippen LogP contribution in [0.3, 0.4) is 0 Å². The van der Waals surface area contributed by atoms with Gasteiger partial charge in [-0.2, -0.15) is 0 Å². The zero-order valence-corrected chi connectivity index (χ0v) is 12.2. The molecule has 1 amide bonds. The Labute approximate surface area is 125 Å². The second-order valence-corrected chi connectivity index (χ2v) is 5.61. The van der Waals surface area contributed by atoms with Crippen molar-refractivity contribution in [2.75, 3.05) is 0 Å². The van der Waals surface area contributed by atoms with Crippen LogP contribution >= 0.6 is 0 Å². The first-order chi connectivity index (χ1) is 10.2. The number of rotatable bonds is 3. The lowest BCUT2D eigenvalue weighted by Crippen LogP contribution is -2.47. The molecular formula is C18H20N2O. The zero-order valence-electron chi connectivity index (χ0n) is 12.2. The quantitative estimate of drug-likeness (QED) is 0.906. The van der Waals surface area contributed by atoms with Gasteiger partial charge in [0.05, 0.1) is 6.04 Å². The highest BCUT2D eigenvalue weighted by Gasteiger charge is 2.23. The second kappa shape index (κ2) is 6.10. The van der Waals surface area contributed by atoms with E-state index in [2.05, 4.69) is 41.8 Å². The van der Waals surface area contributed by atoms with Crippen LogP contribution in [0, 0.1) is 6.92 Å². The third kappa shape index (κ3) is 3.31. The molecule has 3 heteroatoms. The predicted molar refractivity (Wildman–Crippen MR) is 83.8 cm³/mol. The van der Waals surface area contributed by atoms with Gasteiger partial charge in [-0.15, -0.1) is 0 Å². The number of carbonyl (C=O) groups excluding carboxylic acids is 1. The van der Waals surface area contributed by atoms with Crippen LogP contribution in [-0.2, 0) is 24.3 Å². The van der Waals surface area contributed by atoms with Crippen LogP contribution in [-0.4, -0.2) is 11.9 Å². The molecule has 0 fully saturated rings. The highest BCUT2D eigenvalue weighted by molar-refractivity contribution is 5.82. The van der Waals surface area contributed by atoms with Crippen molar-refractivity contribution >= 4 is 5.91 Å². The molecule has 1 aliphatic heterocycles. The third-order valence-corrected chi connectivity index (χ3v) is 3.95. The summed E-state index contributed by atoms with van der Waals surface area (Å²) in [5, 5.41) is 6.34. The highest BCUT2D eigenvalue weighted by Crippen LogP contribution is 2.16. The Morgan fingerprint density at radius 1 is 1.19 bits per heavy atom. The van der Waals surface area contributed by atoms with Crippen LogP contribution in [0.5, 0.6) is 0 Å². The van der Waals surface area contributed by atoms with Crippen LogP contribution < -0.4 is 10.6 Å². The second-order valence-electron chi connectivity index (χ2n) is 5.61. The number of fused-ring (bicyclic) bond motifs is 1. The molecule has 2 aromatic rings. The standard InChI is InChI=1S/C18H20N2O/c1-13-5-4-6-14(9-13)11-20-18(21)17-10-15-7-2-3-8-16(15)12-19-17/h2-9,17,19H,10-12H2,1H3,(H,20,21). The van der Waals surface area contributed by atoms with Gasteiger partial charge in [0.2, 0.25) is 5.91 Å². The molecule has 0 saturated heterocycles. The van der Waals surface area contributed by atoms with Crippen molar-refractivity contribution in [2.45, 2.75) is 32.5 Å². The summed E-state index contributed by atoms with van der Waals surface area (Å²) in [6.45, 7) is 3.41. The molecule has 0 bridgehead atoms. The number of carbonyl (C=O) groups is 1. The largest absolute Gasteiger partial charge is 0.351 e. The van der Waals surface area contributed by atoms with Gasteiger partial charge in [-0.3, -0.25) is 4.79 Å². The summed E-state index contributed by atoms with van der Waals surface area (Å²) in [6, 6.07) is 16.4. The molecule has 2 aromatic carbocycles. The van der Waals surface area contributed by atoms with E-state index >= 15 is 0 Å². The molecule has 1 unspecified atom stereocenters. The van der Waals surface area contributed by atoms with Crippen molar-refractivity contribution in [1.29, 1.82) is 0 Å². The minimum absolute atomic E-state index is 0.0750. The Morgan fingerprint density at radius 3 is 2.81 bits per heavy atom. The van der Waals surface area contributed by atoms with Gasteiger partial charge in [0.1, 0.15) is 0 Å². The SMILES string of the molecule is Cc1cccc(CNC(=O)C2Cc3ccccc3CN2)c1. The molecule has 0 aromatic heterocycles. The van der Waals surface area contributed by atoms with E-state index in [9.17, 15) is 4.79 Å². The van der Waals surface area contributed by atoms with Crippen LogP contribution in [0.4, 0.5) is 0 Å². The number of hydrogen-bond acceptors (Lipinski definition) is 2. The topological polar surface area (TPSA) is 41.1 Å². The van der Waals surface area contributed by atoms with Crippen molar-refractivity contribution in [3.63, 3.8) is 0 Å². The van der Waals surface area contributed by atoms with E-state index in [4.69, 9.17) is 0 Å². The van der Waals surface area contributed by atoms with E-state index in [1.54, 1.807) is 0 Å². The van der Waals surface area contributed by atoms with Crippen molar-refractivity contribution in [3.8, 4) is 0 Å². The van der Waals surface area contributed by atoms with Crippen LogP contribution in [0.15, 0.2) is 48.5 Å². The Bertz CT molecular complexity index is 651. The van der Waals surface area contributed by atoms with Crippen LogP contribution in [0.1, 0.15) is 22.3 Å². The minimum atomic E-state index is -0.135. The molecule has 1 heterocycles. The minimum Gasteiger partial charge on any atom is -0.351 e. The van der Waals surface area contributed by atoms with Gasteiger partial charge in [0, 0.05) is 13.1 Å². The summed E-state index contributed by atoms with van der Waals surface area (Å²) in [5.74, 6) is 0.0750. The van der Waals surface area contributed by atoms with E-state index < -0.39 is 0 Å². The summed E-state index contributed by atoms with van der Waals surface area (Å²) >= 11 is 0. The molecule has 3 nitrogen and oxygen atoms in total. The maximum atomic E-state index is 12.3. The molecule has 108 valence electrons. The first kappa shape index (κ1) is 13.8. The van der Waals surface area contributed by atoms with Gasteiger partial charge < -0.3 is 10.6 Å². The monoisotopic (exact) mass is 280 g/mol. The average molecular weight is 280 g/mol. The van der Waals surface area contributed by atoms with Gasteiger partial charge in [-0.1, -0.05) is 54.1 Å². The summed E-state index contributed by atoms with van der Waals surface area (Å²) in [5.41, 5.74) is 4.92. The van der Waals surface area contributed by atoms with E-state index in [1.165, 1.54) is 16.7 Å². The zero-order chi connectivity index (χ0) is 14.7. The van der Waals surface area contributed by atoms with Crippen molar-refractivity contribution in [2.24, 2.45) is 0 Å². The summed E-state index contributed by atoms with van der Waals surface area (Å²) < 4.78 is 0. The summed E-state index contributed by atoms with van der Waals surface area (Å²) in [4.78, 5) is 12.3. The normalized spacial score (nSPS) is 17.1. The fourth-order valence-corrected chi connectivity index (χ4v) is 2.77. The number of benzene rings is 2. The van der Waals surface area contributed by atoms with E-state index in [1.807, 2.05) is 24.3 Å². The molecule has 0 aliphatic carbocycles. The molecule has 0 saturated carbocycles. The molecule has 2 N–H and O–H groups in total. The molecule has 1 aliphatic rings. The predicted octanol–water partition coefficient (Wildman–Crippen LogP) is 2.33. The lowest BCUT2D eigenvalue weighted by atomic mass is 9.95. The molecular weight excluding hydrogens is 260 g/mol. The van der Waals surface area contributed by atoms with Gasteiger partial charge in [0.25, 0.3) is 0 Å². The van der Waals surface area contributed by atoms with E-state index in [-0.39, 0.29) is 11.9 Å². The fourth-order valence-electron chi connectivity index (χ4n) is 2.77. The molecule has 3 rings (SSSR count). The van der Waals surface area contributed by atoms with Gasteiger partial charge in [-0.05, 0) is 30.0 Å². The average Bonchev–Trinajstić information content (AvgIpc) is 2.52. The smallest absolute Gasteiger partial charge is 0.237 e. The van der Waals surface area contributed by atoms with Gasteiger partial charge >= 0.3 is 0 Å². The lowest BCUT2D eigenvalue weighted by Gasteiger charge is -2.25. The lowest BCUT2D eigenvalue weighted by molar-refractivity contribution is -0.123. The number of aryl methyl sites for hydroxylation is 1. The fraction of sp³-hybridized carbons (Fsp3) is 0.278. The van der Waals surface area contributed by atoms with Crippen molar-refractivity contribution in [3.05, 3.63) is 70.8 Å². The molecule has 0 radical (unpaired) electrons. The first-order valence-electron chi connectivity index (χ1n) is 7.36. The highest BCUT2D eigenvalue weighted by atomic mass is 16.2. The van der Waals surface area contributed by atoms with Crippen LogP contribution in [0.2, 0.25) is 0 Å². The molecule has 1 atom stereocenters. The number of amides is 1. The number of hydrogen-bond donors (Lipinski definition) is 2. The van der Waals surface area contributed by atoms with E-state index in [0.717, 1.165) is 18.5 Å². The maximum Gasteiger partial charge on any atom is 0.237 e. The molecule has 21 heavy (non-hydrogen) atoms. The van der Waals surface area contributed by atoms with Crippen LogP contribution in [0.25, 0.3) is 0 Å². The Kier molecular flexibility index (Phi) is 4.02. The Balaban J connectivity index is 1.59. The summed E-state index contributed by atoms with van der Waals surface area (Å²) in [7, 11) is 0. The Morgan fingerprint density at radius 2 is 2.00 bits per heavy atom. The van der Waals surface area contributed by atoms with Crippen molar-refractivity contribution < 1.29 is 4.79 Å². The third-order valence-electron chi connectivity index (χ3n) is 3.95. The number of nitrogens with one attached hydrogen (secondary N) is 2. The maximum absolute atomic E-state index is 12.3.